The molecule has 0 saturated heterocycles. The molecule has 0 bridgehead atoms. The van der Waals surface area contributed by atoms with Crippen LogP contribution in [0.2, 0.25) is 0 Å². The van der Waals surface area contributed by atoms with Crippen molar-refractivity contribution in [3.63, 3.8) is 0 Å². The summed E-state index contributed by atoms with van der Waals surface area (Å²) in [4.78, 5) is 0. The summed E-state index contributed by atoms with van der Waals surface area (Å²) < 4.78 is 16.7. The molecular formula is C16H27NO3. The van der Waals surface area contributed by atoms with Gasteiger partial charge in [-0.15, -0.1) is 0 Å². The molecule has 0 fully saturated rings. The minimum Gasteiger partial charge on any atom is -0.497 e. The SMILES string of the molecule is CNCC(OCCC(C)(C)OC)c1cccc(OC)c1. The zero-order valence-corrected chi connectivity index (χ0v) is 13.2. The van der Waals surface area contributed by atoms with Gasteiger partial charge in [-0.3, -0.25) is 0 Å². The molecule has 1 atom stereocenters. The molecule has 4 nitrogen and oxygen atoms in total. The van der Waals surface area contributed by atoms with Crippen LogP contribution in [0.3, 0.4) is 0 Å². The molecule has 0 aliphatic carbocycles. The maximum absolute atomic E-state index is 6.01. The highest BCUT2D eigenvalue weighted by Crippen LogP contribution is 2.23. The average molecular weight is 281 g/mol. The third-order valence-corrected chi connectivity index (χ3v) is 3.43. The van der Waals surface area contributed by atoms with E-state index in [9.17, 15) is 0 Å². The number of rotatable bonds is 9. The van der Waals surface area contributed by atoms with Gasteiger partial charge in [0.15, 0.2) is 0 Å². The van der Waals surface area contributed by atoms with Crippen molar-refractivity contribution in [1.82, 2.24) is 5.32 Å². The Bertz CT molecular complexity index is 393. The summed E-state index contributed by atoms with van der Waals surface area (Å²) in [5.74, 6) is 0.851. The highest BCUT2D eigenvalue weighted by molar-refractivity contribution is 5.30. The minimum atomic E-state index is -0.154. The first-order chi connectivity index (χ1) is 9.52. The second kappa shape index (κ2) is 8.25. The van der Waals surface area contributed by atoms with E-state index in [1.54, 1.807) is 14.2 Å². The average Bonchev–Trinajstić information content (AvgIpc) is 2.46. The zero-order chi connectivity index (χ0) is 15.0. The fourth-order valence-corrected chi connectivity index (χ4v) is 1.85. The number of likely N-dealkylation sites (N-methyl/N-ethyl adjacent to an activating group) is 1. The molecule has 4 heteroatoms. The van der Waals surface area contributed by atoms with Crippen LogP contribution in [0, 0.1) is 0 Å². The van der Waals surface area contributed by atoms with Crippen molar-refractivity contribution in [3.8, 4) is 5.75 Å². The molecule has 0 saturated carbocycles. The van der Waals surface area contributed by atoms with E-state index in [4.69, 9.17) is 14.2 Å². The lowest BCUT2D eigenvalue weighted by molar-refractivity contribution is -0.0269. The Hall–Kier alpha value is -1.10. The summed E-state index contributed by atoms with van der Waals surface area (Å²) in [7, 11) is 5.33. The third-order valence-electron chi connectivity index (χ3n) is 3.43. The van der Waals surface area contributed by atoms with E-state index >= 15 is 0 Å². The van der Waals surface area contributed by atoms with Gasteiger partial charge in [-0.25, -0.2) is 0 Å². The van der Waals surface area contributed by atoms with Gasteiger partial charge in [-0.05, 0) is 45.0 Å². The largest absolute Gasteiger partial charge is 0.497 e. The van der Waals surface area contributed by atoms with E-state index in [-0.39, 0.29) is 11.7 Å². The van der Waals surface area contributed by atoms with Crippen molar-refractivity contribution in [2.45, 2.75) is 32.0 Å². The molecule has 0 amide bonds. The Balaban J connectivity index is 2.64. The molecule has 114 valence electrons. The Morgan fingerprint density at radius 2 is 2.00 bits per heavy atom. The van der Waals surface area contributed by atoms with Gasteiger partial charge < -0.3 is 19.5 Å². The van der Waals surface area contributed by atoms with Gasteiger partial charge in [-0.2, -0.15) is 0 Å². The molecule has 0 aliphatic rings. The standard InChI is InChI=1S/C16H27NO3/c1-16(2,19-5)9-10-20-15(12-17-3)13-7-6-8-14(11-13)18-4/h6-8,11,15,17H,9-10,12H2,1-5H3. The number of benzene rings is 1. The molecule has 0 aliphatic heterocycles. The lowest BCUT2D eigenvalue weighted by Crippen LogP contribution is -2.26. The van der Waals surface area contributed by atoms with Crippen molar-refractivity contribution in [1.29, 1.82) is 0 Å². The maximum Gasteiger partial charge on any atom is 0.119 e. The van der Waals surface area contributed by atoms with E-state index < -0.39 is 0 Å². The summed E-state index contributed by atoms with van der Waals surface area (Å²) in [5.41, 5.74) is 0.965. The topological polar surface area (TPSA) is 39.7 Å². The summed E-state index contributed by atoms with van der Waals surface area (Å²) in [6.45, 7) is 5.55. The van der Waals surface area contributed by atoms with Crippen molar-refractivity contribution in [2.75, 3.05) is 34.4 Å². The predicted molar refractivity (Wildman–Crippen MR) is 81.3 cm³/mol. The van der Waals surface area contributed by atoms with E-state index in [1.165, 1.54) is 0 Å². The molecule has 0 heterocycles. The number of hydrogen-bond acceptors (Lipinski definition) is 4. The Morgan fingerprint density at radius 3 is 2.60 bits per heavy atom. The van der Waals surface area contributed by atoms with Crippen LogP contribution in [-0.2, 0) is 9.47 Å². The molecule has 0 spiro atoms. The third kappa shape index (κ3) is 5.49. The van der Waals surface area contributed by atoms with Crippen LogP contribution < -0.4 is 10.1 Å². The van der Waals surface area contributed by atoms with E-state index in [1.807, 2.05) is 25.2 Å². The van der Waals surface area contributed by atoms with Crippen molar-refractivity contribution in [3.05, 3.63) is 29.8 Å². The minimum absolute atomic E-state index is 0.0164. The van der Waals surface area contributed by atoms with Gasteiger partial charge >= 0.3 is 0 Å². The van der Waals surface area contributed by atoms with Crippen LogP contribution in [-0.4, -0.2) is 40.0 Å². The molecule has 1 N–H and O–H groups in total. The van der Waals surface area contributed by atoms with Gasteiger partial charge in [-0.1, -0.05) is 12.1 Å². The zero-order valence-electron chi connectivity index (χ0n) is 13.2. The Morgan fingerprint density at radius 1 is 1.25 bits per heavy atom. The highest BCUT2D eigenvalue weighted by atomic mass is 16.5. The number of hydrogen-bond donors (Lipinski definition) is 1. The van der Waals surface area contributed by atoms with Crippen LogP contribution in [0.5, 0.6) is 5.75 Å². The number of nitrogens with one attached hydrogen (secondary N) is 1. The Labute approximate surface area is 122 Å². The number of methoxy groups -OCH3 is 2. The highest BCUT2D eigenvalue weighted by Gasteiger charge is 2.18. The molecule has 1 unspecified atom stereocenters. The second-order valence-corrected chi connectivity index (χ2v) is 5.41. The molecule has 0 aromatic heterocycles. The fraction of sp³-hybridized carbons (Fsp3) is 0.625. The first kappa shape index (κ1) is 17.0. The summed E-state index contributed by atoms with van der Waals surface area (Å²) in [6.07, 6.45) is 0.871. The van der Waals surface area contributed by atoms with Crippen LogP contribution in [0.4, 0.5) is 0 Å². The predicted octanol–water partition coefficient (Wildman–Crippen LogP) is 2.79. The van der Waals surface area contributed by atoms with E-state index in [0.29, 0.717) is 6.61 Å². The normalized spacial score (nSPS) is 13.2. The number of ether oxygens (including phenoxy) is 3. The molecular weight excluding hydrogens is 254 g/mol. The summed E-state index contributed by atoms with van der Waals surface area (Å²) in [5, 5.41) is 3.17. The van der Waals surface area contributed by atoms with Gasteiger partial charge in [0.05, 0.1) is 25.4 Å². The quantitative estimate of drug-likeness (QED) is 0.755. The molecule has 1 rings (SSSR count). The summed E-state index contributed by atoms with van der Waals surface area (Å²) >= 11 is 0. The lowest BCUT2D eigenvalue weighted by atomic mass is 10.1. The Kier molecular flexibility index (Phi) is 6.99. The van der Waals surface area contributed by atoms with Gasteiger partial charge in [0.25, 0.3) is 0 Å². The smallest absolute Gasteiger partial charge is 0.119 e. The maximum atomic E-state index is 6.01. The fourth-order valence-electron chi connectivity index (χ4n) is 1.85. The second-order valence-electron chi connectivity index (χ2n) is 5.41. The van der Waals surface area contributed by atoms with Crippen LogP contribution >= 0.6 is 0 Å². The lowest BCUT2D eigenvalue weighted by Gasteiger charge is -2.25. The molecule has 1 aromatic carbocycles. The van der Waals surface area contributed by atoms with Crippen LogP contribution in [0.15, 0.2) is 24.3 Å². The first-order valence-electron chi connectivity index (χ1n) is 6.97. The van der Waals surface area contributed by atoms with Gasteiger partial charge in [0.1, 0.15) is 5.75 Å². The first-order valence-corrected chi connectivity index (χ1v) is 6.97. The summed E-state index contributed by atoms with van der Waals surface area (Å²) in [6, 6.07) is 8.00. The van der Waals surface area contributed by atoms with Crippen LogP contribution in [0.25, 0.3) is 0 Å². The van der Waals surface area contributed by atoms with Gasteiger partial charge in [0, 0.05) is 13.7 Å². The molecule has 20 heavy (non-hydrogen) atoms. The van der Waals surface area contributed by atoms with E-state index in [2.05, 4.69) is 25.2 Å². The molecule has 0 radical (unpaired) electrons. The van der Waals surface area contributed by atoms with Crippen molar-refractivity contribution < 1.29 is 14.2 Å². The van der Waals surface area contributed by atoms with Crippen molar-refractivity contribution >= 4 is 0 Å². The van der Waals surface area contributed by atoms with Gasteiger partial charge in [0.2, 0.25) is 0 Å². The molecule has 1 aromatic rings. The van der Waals surface area contributed by atoms with Crippen molar-refractivity contribution in [2.24, 2.45) is 0 Å². The monoisotopic (exact) mass is 281 g/mol. The van der Waals surface area contributed by atoms with Crippen LogP contribution in [0.1, 0.15) is 31.9 Å². The van der Waals surface area contributed by atoms with E-state index in [0.717, 1.165) is 24.3 Å².